The van der Waals surface area contributed by atoms with Crippen LogP contribution in [0.1, 0.15) is 46.5 Å². The number of piperidine rings is 1. The Hall–Kier alpha value is -0.170. The molecule has 5 nitrogen and oxygen atoms in total. The van der Waals surface area contributed by atoms with Gasteiger partial charge in [0.25, 0.3) is 10.2 Å². The molecule has 1 fully saturated rings. The van der Waals surface area contributed by atoms with Gasteiger partial charge in [-0.1, -0.05) is 13.3 Å². The molecular formula is C12H26N2O3S. The normalized spacial score (nSPS) is 23.6. The van der Waals surface area contributed by atoms with Gasteiger partial charge < -0.3 is 5.11 Å². The maximum atomic E-state index is 12.6. The van der Waals surface area contributed by atoms with Crippen molar-refractivity contribution in [3.05, 3.63) is 0 Å². The van der Waals surface area contributed by atoms with Crippen molar-refractivity contribution in [2.24, 2.45) is 0 Å². The van der Waals surface area contributed by atoms with Crippen LogP contribution in [-0.4, -0.2) is 53.9 Å². The van der Waals surface area contributed by atoms with Crippen LogP contribution in [0, 0.1) is 0 Å². The zero-order valence-corrected chi connectivity index (χ0v) is 12.7. The van der Waals surface area contributed by atoms with Crippen molar-refractivity contribution in [1.29, 1.82) is 0 Å². The summed E-state index contributed by atoms with van der Waals surface area (Å²) in [5, 5.41) is 9.34. The highest BCUT2D eigenvalue weighted by molar-refractivity contribution is 7.86. The second-order valence-electron chi connectivity index (χ2n) is 5.58. The molecule has 1 unspecified atom stereocenters. The average molecular weight is 278 g/mol. The standard InChI is InChI=1S/C12H26N2O3S/c1-5-12(2,3)13(4)18(16,17)14-9-7-6-8-11(14)10-15/h11,15H,5-10H2,1-4H3. The second kappa shape index (κ2) is 5.86. The van der Waals surface area contributed by atoms with Gasteiger partial charge in [0.15, 0.2) is 0 Å². The van der Waals surface area contributed by atoms with Crippen LogP contribution in [0.25, 0.3) is 0 Å². The molecule has 18 heavy (non-hydrogen) atoms. The largest absolute Gasteiger partial charge is 0.395 e. The van der Waals surface area contributed by atoms with Gasteiger partial charge in [0, 0.05) is 25.2 Å². The van der Waals surface area contributed by atoms with Crippen molar-refractivity contribution >= 4 is 10.2 Å². The minimum atomic E-state index is -3.49. The van der Waals surface area contributed by atoms with E-state index < -0.39 is 15.7 Å². The monoisotopic (exact) mass is 278 g/mol. The molecule has 1 atom stereocenters. The van der Waals surface area contributed by atoms with E-state index >= 15 is 0 Å². The van der Waals surface area contributed by atoms with E-state index in [4.69, 9.17) is 0 Å². The number of rotatable bonds is 5. The molecule has 1 aliphatic heterocycles. The molecule has 1 rings (SSSR count). The SMILES string of the molecule is CCC(C)(C)N(C)S(=O)(=O)N1CCCCC1CO. The predicted octanol–water partition coefficient (Wildman–Crippen LogP) is 1.20. The van der Waals surface area contributed by atoms with Crippen LogP contribution in [0.3, 0.4) is 0 Å². The van der Waals surface area contributed by atoms with E-state index in [1.165, 1.54) is 8.61 Å². The van der Waals surface area contributed by atoms with Crippen LogP contribution in [0.4, 0.5) is 0 Å². The van der Waals surface area contributed by atoms with E-state index in [1.54, 1.807) is 7.05 Å². The van der Waals surface area contributed by atoms with Crippen molar-refractivity contribution in [3.63, 3.8) is 0 Å². The van der Waals surface area contributed by atoms with Gasteiger partial charge in [0.1, 0.15) is 0 Å². The molecule has 0 radical (unpaired) electrons. The number of nitrogens with zero attached hydrogens (tertiary/aromatic N) is 2. The Labute approximate surface area is 111 Å². The van der Waals surface area contributed by atoms with Crippen LogP contribution in [0.2, 0.25) is 0 Å². The molecule has 0 aliphatic carbocycles. The molecule has 1 aliphatic rings. The minimum Gasteiger partial charge on any atom is -0.395 e. The fourth-order valence-corrected chi connectivity index (χ4v) is 4.13. The van der Waals surface area contributed by atoms with Crippen LogP contribution in [0.15, 0.2) is 0 Å². The summed E-state index contributed by atoms with van der Waals surface area (Å²) in [5.41, 5.74) is -0.406. The van der Waals surface area contributed by atoms with Gasteiger partial charge in [0.2, 0.25) is 0 Å². The topological polar surface area (TPSA) is 60.9 Å². The maximum absolute atomic E-state index is 12.6. The summed E-state index contributed by atoms with van der Waals surface area (Å²) in [6.07, 6.45) is 3.35. The van der Waals surface area contributed by atoms with Gasteiger partial charge in [-0.25, -0.2) is 0 Å². The number of hydrogen-bond donors (Lipinski definition) is 1. The van der Waals surface area contributed by atoms with E-state index in [2.05, 4.69) is 0 Å². The highest BCUT2D eigenvalue weighted by Gasteiger charge is 2.39. The lowest BCUT2D eigenvalue weighted by Crippen LogP contribution is -2.55. The predicted molar refractivity (Wildman–Crippen MR) is 72.5 cm³/mol. The average Bonchev–Trinajstić information content (AvgIpc) is 2.37. The summed E-state index contributed by atoms with van der Waals surface area (Å²) in [5.74, 6) is 0. The van der Waals surface area contributed by atoms with Crippen molar-refractivity contribution in [3.8, 4) is 0 Å². The van der Waals surface area contributed by atoms with Crippen molar-refractivity contribution in [2.75, 3.05) is 20.2 Å². The maximum Gasteiger partial charge on any atom is 0.282 e. The molecule has 6 heteroatoms. The highest BCUT2D eigenvalue weighted by Crippen LogP contribution is 2.27. The van der Waals surface area contributed by atoms with Gasteiger partial charge in [0.05, 0.1) is 6.61 Å². The molecule has 1 heterocycles. The molecule has 0 aromatic rings. The molecule has 0 aromatic carbocycles. The van der Waals surface area contributed by atoms with Gasteiger partial charge in [-0.15, -0.1) is 0 Å². The lowest BCUT2D eigenvalue weighted by atomic mass is 10.0. The molecule has 1 saturated heterocycles. The molecule has 1 N–H and O–H groups in total. The van der Waals surface area contributed by atoms with Crippen LogP contribution in [-0.2, 0) is 10.2 Å². The summed E-state index contributed by atoms with van der Waals surface area (Å²) in [7, 11) is -1.86. The second-order valence-corrected chi connectivity index (χ2v) is 7.50. The van der Waals surface area contributed by atoms with Crippen molar-refractivity contribution in [1.82, 2.24) is 8.61 Å². The van der Waals surface area contributed by atoms with Crippen LogP contribution < -0.4 is 0 Å². The molecule has 0 spiro atoms. The van der Waals surface area contributed by atoms with E-state index in [9.17, 15) is 13.5 Å². The minimum absolute atomic E-state index is 0.0976. The van der Waals surface area contributed by atoms with Gasteiger partial charge >= 0.3 is 0 Å². The Kier molecular flexibility index (Phi) is 5.17. The van der Waals surface area contributed by atoms with Gasteiger partial charge in [-0.2, -0.15) is 17.0 Å². The highest BCUT2D eigenvalue weighted by atomic mass is 32.2. The van der Waals surface area contributed by atoms with Gasteiger partial charge in [-0.3, -0.25) is 0 Å². The number of hydrogen-bond acceptors (Lipinski definition) is 3. The fraction of sp³-hybridized carbons (Fsp3) is 1.00. The molecule has 0 saturated carbocycles. The third kappa shape index (κ3) is 3.04. The molecule has 0 bridgehead atoms. The summed E-state index contributed by atoms with van der Waals surface area (Å²) in [4.78, 5) is 0. The third-order valence-electron chi connectivity index (χ3n) is 4.14. The molecule has 0 amide bonds. The van der Waals surface area contributed by atoms with Gasteiger partial charge in [-0.05, 0) is 33.1 Å². The zero-order chi connectivity index (χ0) is 14.0. The lowest BCUT2D eigenvalue weighted by molar-refractivity contribution is 0.139. The van der Waals surface area contributed by atoms with Crippen molar-refractivity contribution in [2.45, 2.75) is 58.0 Å². The third-order valence-corrected chi connectivity index (χ3v) is 6.40. The van der Waals surface area contributed by atoms with E-state index in [0.29, 0.717) is 6.54 Å². The summed E-state index contributed by atoms with van der Waals surface area (Å²) in [6.45, 7) is 6.23. The van der Waals surface area contributed by atoms with E-state index in [0.717, 1.165) is 25.7 Å². The van der Waals surface area contributed by atoms with Crippen LogP contribution >= 0.6 is 0 Å². The Balaban J connectivity index is 2.97. The summed E-state index contributed by atoms with van der Waals surface area (Å²) in [6, 6.07) is -0.265. The first kappa shape index (κ1) is 15.9. The first-order valence-electron chi connectivity index (χ1n) is 6.64. The zero-order valence-electron chi connectivity index (χ0n) is 11.9. The molecule has 108 valence electrons. The van der Waals surface area contributed by atoms with E-state index in [1.807, 2.05) is 20.8 Å². The molecule has 0 aromatic heterocycles. The number of aliphatic hydroxyl groups excluding tert-OH is 1. The fourth-order valence-electron chi connectivity index (χ4n) is 2.15. The number of aliphatic hydroxyl groups is 1. The Morgan fingerprint density at radius 2 is 2.00 bits per heavy atom. The van der Waals surface area contributed by atoms with Crippen molar-refractivity contribution < 1.29 is 13.5 Å². The lowest BCUT2D eigenvalue weighted by Gasteiger charge is -2.41. The molecular weight excluding hydrogens is 252 g/mol. The van der Waals surface area contributed by atoms with Crippen LogP contribution in [0.5, 0.6) is 0 Å². The Morgan fingerprint density at radius 1 is 1.39 bits per heavy atom. The first-order valence-corrected chi connectivity index (χ1v) is 8.03. The quantitative estimate of drug-likeness (QED) is 0.822. The summed E-state index contributed by atoms with van der Waals surface area (Å²) < 4.78 is 28.1. The Morgan fingerprint density at radius 3 is 2.50 bits per heavy atom. The summed E-state index contributed by atoms with van der Waals surface area (Å²) >= 11 is 0. The first-order chi connectivity index (χ1) is 8.27. The Bertz CT molecular complexity index is 368. The van der Waals surface area contributed by atoms with E-state index in [-0.39, 0.29) is 12.6 Å². The smallest absolute Gasteiger partial charge is 0.282 e.